The van der Waals surface area contributed by atoms with Crippen molar-refractivity contribution in [2.24, 2.45) is 0 Å². The molecule has 0 spiro atoms. The maximum absolute atomic E-state index is 14.5. The molecule has 0 aliphatic carbocycles. The molecule has 0 aliphatic rings. The van der Waals surface area contributed by atoms with Crippen molar-refractivity contribution in [1.82, 2.24) is 15.0 Å². The van der Waals surface area contributed by atoms with Crippen molar-refractivity contribution in [1.29, 1.82) is 0 Å². The number of hydrogen-bond donors (Lipinski definition) is 0. The van der Waals surface area contributed by atoms with Gasteiger partial charge in [-0.2, -0.15) is 0 Å². The lowest BCUT2D eigenvalue weighted by Crippen LogP contribution is -2.11. The van der Waals surface area contributed by atoms with Gasteiger partial charge in [-0.25, -0.2) is 14.4 Å². The second kappa shape index (κ2) is 7.55. The normalized spacial score (nSPS) is 12.5. The third kappa shape index (κ3) is 3.74. The zero-order valence-corrected chi connectivity index (χ0v) is 17.8. The lowest BCUT2D eigenvalue weighted by Gasteiger charge is -2.12. The van der Waals surface area contributed by atoms with Gasteiger partial charge in [0.25, 0.3) is 0 Å². The Morgan fingerprint density at radius 2 is 1.93 bits per heavy atom. The molecule has 0 aliphatic heterocycles. The number of fused-ring (bicyclic) bond motifs is 2. The first-order valence-corrected chi connectivity index (χ1v) is 10.2. The molecule has 2 aromatic heterocycles. The smallest absolute Gasteiger partial charge is 0.167 e. The van der Waals surface area contributed by atoms with Gasteiger partial charge in [0, 0.05) is 31.8 Å². The summed E-state index contributed by atoms with van der Waals surface area (Å²) in [5, 5.41) is 0.784. The summed E-state index contributed by atoms with van der Waals surface area (Å²) >= 11 is 1.50. The summed E-state index contributed by atoms with van der Waals surface area (Å²) in [5.41, 5.74) is 4.17. The topological polar surface area (TPSA) is 51.1 Å². The van der Waals surface area contributed by atoms with Crippen LogP contribution in [-0.4, -0.2) is 35.2 Å². The van der Waals surface area contributed by atoms with E-state index in [9.17, 15) is 4.39 Å². The summed E-state index contributed by atoms with van der Waals surface area (Å²) < 4.78 is 21.0. The van der Waals surface area contributed by atoms with Crippen LogP contribution < -0.4 is 9.64 Å². The molecule has 1 atom stereocenters. The molecule has 1 radical (unpaired) electrons. The van der Waals surface area contributed by atoms with Crippen LogP contribution in [0.3, 0.4) is 0 Å². The molecule has 0 amide bonds. The van der Waals surface area contributed by atoms with Crippen LogP contribution in [0.15, 0.2) is 30.5 Å². The molecule has 4 aromatic rings. The van der Waals surface area contributed by atoms with Gasteiger partial charge in [0.1, 0.15) is 10.8 Å². The maximum Gasteiger partial charge on any atom is 0.167 e. The van der Waals surface area contributed by atoms with Crippen LogP contribution in [0.4, 0.5) is 10.2 Å². The van der Waals surface area contributed by atoms with Gasteiger partial charge in [-0.3, -0.25) is 4.98 Å². The molecule has 4 rings (SSSR count). The van der Waals surface area contributed by atoms with E-state index in [4.69, 9.17) is 9.72 Å². The summed E-state index contributed by atoms with van der Waals surface area (Å²) in [6, 6.07) is 7.22. The Bertz CT molecular complexity index is 1200. The molecule has 7 heteroatoms. The monoisotopic (exact) mass is 409 g/mol. The van der Waals surface area contributed by atoms with Gasteiger partial charge in [-0.1, -0.05) is 6.92 Å². The first-order valence-electron chi connectivity index (χ1n) is 9.37. The van der Waals surface area contributed by atoms with Crippen LogP contribution in [0.25, 0.3) is 31.8 Å². The van der Waals surface area contributed by atoms with E-state index in [2.05, 4.69) is 9.97 Å². The Morgan fingerprint density at radius 3 is 2.66 bits per heavy atom. The van der Waals surface area contributed by atoms with Crippen molar-refractivity contribution < 1.29 is 9.13 Å². The summed E-state index contributed by atoms with van der Waals surface area (Å²) in [6.07, 6.45) is 3.46. The van der Waals surface area contributed by atoms with E-state index < -0.39 is 5.82 Å². The van der Waals surface area contributed by atoms with Crippen LogP contribution in [0.2, 0.25) is 0 Å². The standard InChI is InChI=1S/C22H22FN4OS/c1-6-13(3)28-18-10-19-16(9-15(18)23)26-22(29-19)14-7-12(2)8-17-21(14)24-11-20(25-17)27(4)5/h6-11,13H,1-5H3/t13-/m0/s1. The molecule has 0 fully saturated rings. The van der Waals surface area contributed by atoms with E-state index in [1.165, 1.54) is 17.4 Å². The van der Waals surface area contributed by atoms with Crippen LogP contribution >= 0.6 is 11.3 Å². The predicted molar refractivity (Wildman–Crippen MR) is 117 cm³/mol. The Kier molecular flexibility index (Phi) is 5.08. The second-order valence-electron chi connectivity index (χ2n) is 7.23. The van der Waals surface area contributed by atoms with Crippen LogP contribution in [0.5, 0.6) is 5.75 Å². The zero-order valence-electron chi connectivity index (χ0n) is 17.0. The van der Waals surface area contributed by atoms with Gasteiger partial charge in [-0.05, 0) is 38.0 Å². The van der Waals surface area contributed by atoms with E-state index in [-0.39, 0.29) is 11.9 Å². The fourth-order valence-electron chi connectivity index (χ4n) is 3.04. The number of ether oxygens (including phenoxy) is 1. The quantitative estimate of drug-likeness (QED) is 0.441. The molecule has 0 saturated carbocycles. The Morgan fingerprint density at radius 1 is 1.14 bits per heavy atom. The number of anilines is 1. The van der Waals surface area contributed by atoms with Gasteiger partial charge in [0.05, 0.1) is 33.6 Å². The molecule has 0 N–H and O–H groups in total. The summed E-state index contributed by atoms with van der Waals surface area (Å²) in [4.78, 5) is 15.9. The highest BCUT2D eigenvalue weighted by Crippen LogP contribution is 2.37. The largest absolute Gasteiger partial charge is 0.487 e. The first-order chi connectivity index (χ1) is 13.9. The third-order valence-corrected chi connectivity index (χ3v) is 5.74. The highest BCUT2D eigenvalue weighted by atomic mass is 32.1. The minimum absolute atomic E-state index is 0.170. The van der Waals surface area contributed by atoms with Crippen LogP contribution in [-0.2, 0) is 0 Å². The molecular formula is C22H22FN4OS. The minimum atomic E-state index is -0.410. The van der Waals surface area contributed by atoms with Gasteiger partial charge in [-0.15, -0.1) is 11.3 Å². The molecule has 2 aromatic carbocycles. The number of benzene rings is 2. The summed E-state index contributed by atoms with van der Waals surface area (Å²) in [7, 11) is 3.87. The zero-order chi connectivity index (χ0) is 20.7. The maximum atomic E-state index is 14.5. The average molecular weight is 410 g/mol. The van der Waals surface area contributed by atoms with E-state index in [0.29, 0.717) is 5.52 Å². The lowest BCUT2D eigenvalue weighted by atomic mass is 10.1. The number of thiazole rings is 1. The number of rotatable bonds is 5. The number of aromatic nitrogens is 3. The highest BCUT2D eigenvalue weighted by Gasteiger charge is 2.16. The van der Waals surface area contributed by atoms with Crippen molar-refractivity contribution in [3.63, 3.8) is 0 Å². The molecular weight excluding hydrogens is 387 g/mol. The Hall–Kier alpha value is -2.80. The fourth-order valence-corrected chi connectivity index (χ4v) is 4.03. The number of nitrogens with zero attached hydrogens (tertiary/aromatic N) is 4. The molecule has 0 bridgehead atoms. The van der Waals surface area contributed by atoms with Crippen molar-refractivity contribution in [3.05, 3.63) is 48.3 Å². The molecule has 29 heavy (non-hydrogen) atoms. The van der Waals surface area contributed by atoms with Gasteiger partial charge in [0.15, 0.2) is 11.6 Å². The number of aryl methyl sites for hydroxylation is 1. The molecule has 0 saturated heterocycles. The SMILES string of the molecule is C[CH][C@H](C)Oc1cc2sc(-c3cc(C)cc4nc(N(C)C)cnc34)nc2cc1F. The Labute approximate surface area is 173 Å². The van der Waals surface area contributed by atoms with Crippen molar-refractivity contribution >= 4 is 38.4 Å². The van der Waals surface area contributed by atoms with Gasteiger partial charge in [0.2, 0.25) is 0 Å². The first kappa shape index (κ1) is 19.5. The van der Waals surface area contributed by atoms with Crippen molar-refractivity contribution in [2.75, 3.05) is 19.0 Å². The van der Waals surface area contributed by atoms with Gasteiger partial charge >= 0.3 is 0 Å². The van der Waals surface area contributed by atoms with E-state index >= 15 is 0 Å². The third-order valence-electron chi connectivity index (χ3n) is 4.69. The van der Waals surface area contributed by atoms with E-state index in [0.717, 1.165) is 37.7 Å². The average Bonchev–Trinajstić information content (AvgIpc) is 3.09. The molecule has 2 heterocycles. The highest BCUT2D eigenvalue weighted by molar-refractivity contribution is 7.21. The second-order valence-corrected chi connectivity index (χ2v) is 8.26. The van der Waals surface area contributed by atoms with Crippen LogP contribution in [0.1, 0.15) is 19.4 Å². The minimum Gasteiger partial charge on any atom is -0.487 e. The fraction of sp³-hybridized carbons (Fsp3) is 0.273. The number of hydrogen-bond acceptors (Lipinski definition) is 6. The van der Waals surface area contributed by atoms with Gasteiger partial charge < -0.3 is 9.64 Å². The van der Waals surface area contributed by atoms with E-state index in [1.807, 2.05) is 58.3 Å². The molecule has 5 nitrogen and oxygen atoms in total. The van der Waals surface area contributed by atoms with Crippen molar-refractivity contribution in [2.45, 2.75) is 26.9 Å². The summed E-state index contributed by atoms with van der Waals surface area (Å²) in [6.45, 7) is 5.79. The Balaban J connectivity index is 1.85. The molecule has 0 unspecified atom stereocenters. The van der Waals surface area contributed by atoms with E-state index in [1.54, 1.807) is 12.3 Å². The summed E-state index contributed by atoms with van der Waals surface area (Å²) in [5.74, 6) is 0.624. The lowest BCUT2D eigenvalue weighted by molar-refractivity contribution is 0.243. The van der Waals surface area contributed by atoms with Crippen molar-refractivity contribution in [3.8, 4) is 16.3 Å². The molecule has 149 valence electrons. The number of halogens is 1. The predicted octanol–water partition coefficient (Wildman–Crippen LogP) is 5.41. The van der Waals surface area contributed by atoms with Crippen LogP contribution in [0, 0.1) is 19.2 Å².